The molecule has 0 unspecified atom stereocenters. The first-order chi connectivity index (χ1) is 12.5. The molecule has 1 atom stereocenters. The molecule has 0 spiro atoms. The van der Waals surface area contributed by atoms with Crippen LogP contribution >= 0.6 is 0 Å². The van der Waals surface area contributed by atoms with E-state index < -0.39 is 6.04 Å². The second kappa shape index (κ2) is 10.2. The highest BCUT2D eigenvalue weighted by atomic mass is 16.5. The number of amides is 2. The zero-order chi connectivity index (χ0) is 18.8. The molecule has 0 saturated carbocycles. The molecule has 1 heterocycles. The largest absolute Gasteiger partial charge is 0.484 e. The van der Waals surface area contributed by atoms with E-state index in [9.17, 15) is 9.59 Å². The number of aromatic nitrogens is 1. The van der Waals surface area contributed by atoms with Crippen LogP contribution in [0, 0.1) is 5.92 Å². The quantitative estimate of drug-likeness (QED) is 0.723. The number of pyridine rings is 1. The summed E-state index contributed by atoms with van der Waals surface area (Å²) >= 11 is 0. The van der Waals surface area contributed by atoms with E-state index in [4.69, 9.17) is 4.74 Å². The summed E-state index contributed by atoms with van der Waals surface area (Å²) in [6.45, 7) is 4.26. The van der Waals surface area contributed by atoms with Crippen LogP contribution in [-0.2, 0) is 16.1 Å². The molecule has 0 aliphatic rings. The van der Waals surface area contributed by atoms with Crippen molar-refractivity contribution in [3.8, 4) is 5.75 Å². The zero-order valence-electron chi connectivity index (χ0n) is 15.1. The minimum atomic E-state index is -0.599. The average Bonchev–Trinajstić information content (AvgIpc) is 2.65. The van der Waals surface area contributed by atoms with Crippen LogP contribution in [0.1, 0.15) is 25.8 Å². The fourth-order valence-corrected chi connectivity index (χ4v) is 2.42. The lowest BCUT2D eigenvalue weighted by atomic mass is 10.0. The topological polar surface area (TPSA) is 80.3 Å². The Morgan fingerprint density at radius 3 is 2.54 bits per heavy atom. The van der Waals surface area contributed by atoms with E-state index in [0.717, 1.165) is 5.56 Å². The van der Waals surface area contributed by atoms with E-state index >= 15 is 0 Å². The zero-order valence-corrected chi connectivity index (χ0v) is 15.1. The fourth-order valence-electron chi connectivity index (χ4n) is 2.42. The van der Waals surface area contributed by atoms with Gasteiger partial charge in [0.2, 0.25) is 5.91 Å². The molecule has 2 N–H and O–H groups in total. The van der Waals surface area contributed by atoms with Crippen molar-refractivity contribution in [3.63, 3.8) is 0 Å². The summed E-state index contributed by atoms with van der Waals surface area (Å²) in [7, 11) is 0. The number of nitrogens with one attached hydrogen (secondary N) is 2. The summed E-state index contributed by atoms with van der Waals surface area (Å²) in [6.07, 6.45) is 3.93. The van der Waals surface area contributed by atoms with Crippen LogP contribution in [0.5, 0.6) is 5.75 Å². The normalized spacial score (nSPS) is 11.7. The first-order valence-electron chi connectivity index (χ1n) is 8.68. The van der Waals surface area contributed by atoms with Crippen molar-refractivity contribution < 1.29 is 14.3 Å². The number of hydrogen-bond acceptors (Lipinski definition) is 4. The number of ether oxygens (including phenoxy) is 1. The predicted molar refractivity (Wildman–Crippen MR) is 99.4 cm³/mol. The van der Waals surface area contributed by atoms with E-state index in [1.54, 1.807) is 24.5 Å². The number of benzene rings is 1. The Labute approximate surface area is 154 Å². The Bertz CT molecular complexity index is 690. The second-order valence-electron chi connectivity index (χ2n) is 6.43. The number of para-hydroxylation sites is 1. The molecule has 0 aliphatic heterocycles. The molecule has 0 bridgehead atoms. The van der Waals surface area contributed by atoms with E-state index in [1.165, 1.54) is 0 Å². The Morgan fingerprint density at radius 2 is 1.88 bits per heavy atom. The van der Waals surface area contributed by atoms with Crippen LogP contribution in [0.3, 0.4) is 0 Å². The van der Waals surface area contributed by atoms with Gasteiger partial charge >= 0.3 is 0 Å². The van der Waals surface area contributed by atoms with Crippen molar-refractivity contribution in [2.24, 2.45) is 5.92 Å². The lowest BCUT2D eigenvalue weighted by Gasteiger charge is -2.20. The van der Waals surface area contributed by atoms with Gasteiger partial charge in [0, 0.05) is 18.9 Å². The fraction of sp³-hybridized carbons (Fsp3) is 0.350. The summed E-state index contributed by atoms with van der Waals surface area (Å²) in [5.74, 6) is 0.343. The van der Waals surface area contributed by atoms with Crippen molar-refractivity contribution in [1.82, 2.24) is 15.6 Å². The molecule has 2 rings (SSSR count). The van der Waals surface area contributed by atoms with Crippen LogP contribution < -0.4 is 15.4 Å². The van der Waals surface area contributed by atoms with Gasteiger partial charge in [-0.3, -0.25) is 14.6 Å². The highest BCUT2D eigenvalue weighted by Gasteiger charge is 2.22. The van der Waals surface area contributed by atoms with Crippen molar-refractivity contribution in [1.29, 1.82) is 0 Å². The first kappa shape index (κ1) is 19.4. The van der Waals surface area contributed by atoms with Gasteiger partial charge in [-0.25, -0.2) is 0 Å². The molecule has 6 nitrogen and oxygen atoms in total. The Kier molecular flexibility index (Phi) is 7.61. The van der Waals surface area contributed by atoms with Gasteiger partial charge in [-0.1, -0.05) is 38.1 Å². The van der Waals surface area contributed by atoms with Gasteiger partial charge in [-0.05, 0) is 36.1 Å². The van der Waals surface area contributed by atoms with E-state index in [1.807, 2.05) is 44.2 Å². The third kappa shape index (κ3) is 6.93. The van der Waals surface area contributed by atoms with Crippen LogP contribution in [0.2, 0.25) is 0 Å². The maximum atomic E-state index is 12.5. The van der Waals surface area contributed by atoms with E-state index in [0.29, 0.717) is 18.7 Å². The van der Waals surface area contributed by atoms with Crippen LogP contribution in [-0.4, -0.2) is 29.4 Å². The van der Waals surface area contributed by atoms with Crippen molar-refractivity contribution >= 4 is 11.8 Å². The lowest BCUT2D eigenvalue weighted by Crippen LogP contribution is -2.48. The average molecular weight is 355 g/mol. The standard InChI is InChI=1S/C20H25N3O3/c1-15(2)11-18(20(25)22-13-16-7-6-10-21-12-16)23-19(24)14-26-17-8-4-3-5-9-17/h3-10,12,15,18H,11,13-14H2,1-2H3,(H,22,25)(H,23,24)/t18-/m1/s1. The predicted octanol–water partition coefficient (Wildman–Crippen LogP) is 2.31. The van der Waals surface area contributed by atoms with Crippen LogP contribution in [0.15, 0.2) is 54.9 Å². The summed E-state index contributed by atoms with van der Waals surface area (Å²) in [5, 5.41) is 5.61. The van der Waals surface area contributed by atoms with Gasteiger partial charge in [0.25, 0.3) is 5.91 Å². The molecule has 26 heavy (non-hydrogen) atoms. The van der Waals surface area contributed by atoms with E-state index in [-0.39, 0.29) is 24.3 Å². The van der Waals surface area contributed by atoms with E-state index in [2.05, 4.69) is 15.6 Å². The Hall–Kier alpha value is -2.89. The van der Waals surface area contributed by atoms with Crippen LogP contribution in [0.4, 0.5) is 0 Å². The number of carbonyl (C=O) groups excluding carboxylic acids is 2. The highest BCUT2D eigenvalue weighted by Crippen LogP contribution is 2.09. The first-order valence-corrected chi connectivity index (χ1v) is 8.68. The molecule has 1 aromatic heterocycles. The van der Waals surface area contributed by atoms with Crippen molar-refractivity contribution in [2.45, 2.75) is 32.9 Å². The summed E-state index contributed by atoms with van der Waals surface area (Å²) < 4.78 is 5.43. The lowest BCUT2D eigenvalue weighted by molar-refractivity contribution is -0.130. The Morgan fingerprint density at radius 1 is 1.12 bits per heavy atom. The third-order valence-corrected chi connectivity index (χ3v) is 3.66. The molecule has 0 fully saturated rings. The molecule has 138 valence electrons. The summed E-state index contributed by atoms with van der Waals surface area (Å²) in [4.78, 5) is 28.7. The number of rotatable bonds is 9. The molecule has 2 aromatic rings. The molecular weight excluding hydrogens is 330 g/mol. The molecule has 1 aromatic carbocycles. The maximum Gasteiger partial charge on any atom is 0.258 e. The number of nitrogens with zero attached hydrogens (tertiary/aromatic N) is 1. The summed E-state index contributed by atoms with van der Waals surface area (Å²) in [5.41, 5.74) is 0.905. The van der Waals surface area contributed by atoms with Crippen molar-refractivity contribution in [2.75, 3.05) is 6.61 Å². The number of hydrogen-bond donors (Lipinski definition) is 2. The smallest absolute Gasteiger partial charge is 0.258 e. The van der Waals surface area contributed by atoms with Gasteiger partial charge in [0.05, 0.1) is 0 Å². The molecule has 2 amide bonds. The molecule has 0 radical (unpaired) electrons. The number of carbonyl (C=O) groups is 2. The Balaban J connectivity index is 1.86. The maximum absolute atomic E-state index is 12.5. The third-order valence-electron chi connectivity index (χ3n) is 3.66. The van der Waals surface area contributed by atoms with Gasteiger partial charge in [0.15, 0.2) is 6.61 Å². The van der Waals surface area contributed by atoms with Gasteiger partial charge in [0.1, 0.15) is 11.8 Å². The monoisotopic (exact) mass is 355 g/mol. The summed E-state index contributed by atoms with van der Waals surface area (Å²) in [6, 6.07) is 12.2. The second-order valence-corrected chi connectivity index (χ2v) is 6.43. The van der Waals surface area contributed by atoms with Gasteiger partial charge in [-0.15, -0.1) is 0 Å². The molecular formula is C20H25N3O3. The SMILES string of the molecule is CC(C)C[C@@H](NC(=O)COc1ccccc1)C(=O)NCc1cccnc1. The van der Waals surface area contributed by atoms with Crippen LogP contribution in [0.25, 0.3) is 0 Å². The van der Waals surface area contributed by atoms with Gasteiger partial charge in [-0.2, -0.15) is 0 Å². The minimum Gasteiger partial charge on any atom is -0.484 e. The minimum absolute atomic E-state index is 0.130. The highest BCUT2D eigenvalue weighted by molar-refractivity contribution is 5.88. The molecule has 6 heteroatoms. The van der Waals surface area contributed by atoms with Crippen molar-refractivity contribution in [3.05, 3.63) is 60.4 Å². The molecule has 0 aliphatic carbocycles. The molecule has 0 saturated heterocycles. The van der Waals surface area contributed by atoms with Gasteiger partial charge < -0.3 is 15.4 Å².